The molecule has 1 amide bonds. The van der Waals surface area contributed by atoms with Crippen molar-refractivity contribution in [2.24, 2.45) is 0 Å². The van der Waals surface area contributed by atoms with Gasteiger partial charge in [-0.2, -0.15) is 0 Å². The summed E-state index contributed by atoms with van der Waals surface area (Å²) in [5.41, 5.74) is 4.76. The molecule has 2 aromatic carbocycles. The van der Waals surface area contributed by atoms with Crippen molar-refractivity contribution in [3.63, 3.8) is 0 Å². The number of carboxylic acids is 2. The van der Waals surface area contributed by atoms with Crippen LogP contribution in [0.15, 0.2) is 48.5 Å². The summed E-state index contributed by atoms with van der Waals surface area (Å²) >= 11 is 0. The molecule has 0 unspecified atom stereocenters. The van der Waals surface area contributed by atoms with E-state index in [9.17, 15) is 24.6 Å². The first-order valence-electron chi connectivity index (χ1n) is 9.93. The smallest absolute Gasteiger partial charge is 0.337 e. The lowest BCUT2D eigenvalue weighted by Crippen LogP contribution is -2.36. The number of aryl methyl sites for hydroxylation is 2. The number of amides is 1. The fraction of sp³-hybridized carbons (Fsp3) is 0.208. The van der Waals surface area contributed by atoms with E-state index in [2.05, 4.69) is 0 Å². The fourth-order valence-electron chi connectivity index (χ4n) is 4.13. The van der Waals surface area contributed by atoms with Crippen LogP contribution in [0.4, 0.5) is 0 Å². The van der Waals surface area contributed by atoms with Gasteiger partial charge in [-0.05, 0) is 73.9 Å². The van der Waals surface area contributed by atoms with E-state index in [-0.39, 0.29) is 17.0 Å². The van der Waals surface area contributed by atoms with Crippen LogP contribution in [-0.2, 0) is 13.0 Å². The van der Waals surface area contributed by atoms with Gasteiger partial charge in [-0.15, -0.1) is 0 Å². The summed E-state index contributed by atoms with van der Waals surface area (Å²) in [7, 11) is 0. The Morgan fingerprint density at radius 1 is 0.806 bits per heavy atom. The van der Waals surface area contributed by atoms with Crippen LogP contribution in [0.2, 0.25) is 0 Å². The molecule has 0 aliphatic carbocycles. The zero-order valence-electron chi connectivity index (χ0n) is 17.3. The molecular formula is C24H22N2O5. The van der Waals surface area contributed by atoms with E-state index in [1.807, 2.05) is 30.5 Å². The standard InChI is InChI=1S/C24H22N2O5/c1-14-3-4-15(2)26(14)21-12-17(7-8-20(21)24(30)31)22(27)25-10-9-16-5-6-18(23(28)29)11-19(16)13-25/h3-8,11-12H,9-10,13H2,1-2H3,(H,28,29)(H,30,31). The van der Waals surface area contributed by atoms with Crippen molar-refractivity contribution in [2.45, 2.75) is 26.8 Å². The maximum absolute atomic E-state index is 13.3. The number of aromatic nitrogens is 1. The van der Waals surface area contributed by atoms with Gasteiger partial charge in [0.2, 0.25) is 0 Å². The average Bonchev–Trinajstić information content (AvgIpc) is 3.09. The lowest BCUT2D eigenvalue weighted by Gasteiger charge is -2.29. The lowest BCUT2D eigenvalue weighted by atomic mass is 9.96. The minimum atomic E-state index is -1.06. The van der Waals surface area contributed by atoms with Gasteiger partial charge in [0.1, 0.15) is 0 Å². The van der Waals surface area contributed by atoms with Crippen molar-refractivity contribution in [2.75, 3.05) is 6.54 Å². The third kappa shape index (κ3) is 3.70. The second-order valence-corrected chi connectivity index (χ2v) is 7.75. The summed E-state index contributed by atoms with van der Waals surface area (Å²) in [5.74, 6) is -2.28. The molecule has 0 bridgehead atoms. The van der Waals surface area contributed by atoms with E-state index in [1.54, 1.807) is 29.2 Å². The molecule has 3 aromatic rings. The van der Waals surface area contributed by atoms with Gasteiger partial charge < -0.3 is 19.7 Å². The normalized spacial score (nSPS) is 13.0. The minimum Gasteiger partial charge on any atom is -0.478 e. The molecule has 158 valence electrons. The van der Waals surface area contributed by atoms with Gasteiger partial charge in [-0.3, -0.25) is 4.79 Å². The number of fused-ring (bicyclic) bond motifs is 1. The predicted octanol–water partition coefficient (Wildman–Crippen LogP) is 3.69. The van der Waals surface area contributed by atoms with Crippen LogP contribution in [0, 0.1) is 13.8 Å². The molecule has 31 heavy (non-hydrogen) atoms. The van der Waals surface area contributed by atoms with Crippen molar-refractivity contribution in [3.05, 3.63) is 87.7 Å². The molecule has 2 heterocycles. The number of carbonyl (C=O) groups excluding carboxylic acids is 1. The Morgan fingerprint density at radius 3 is 2.13 bits per heavy atom. The van der Waals surface area contributed by atoms with Crippen molar-refractivity contribution in [1.82, 2.24) is 9.47 Å². The molecule has 7 heteroatoms. The molecule has 1 aliphatic heterocycles. The lowest BCUT2D eigenvalue weighted by molar-refractivity contribution is 0.0684. The maximum Gasteiger partial charge on any atom is 0.337 e. The van der Waals surface area contributed by atoms with Gasteiger partial charge in [0.15, 0.2) is 0 Å². The molecule has 0 fully saturated rings. The van der Waals surface area contributed by atoms with E-state index in [4.69, 9.17) is 0 Å². The number of hydrogen-bond donors (Lipinski definition) is 2. The molecule has 0 atom stereocenters. The second-order valence-electron chi connectivity index (χ2n) is 7.75. The molecule has 0 saturated carbocycles. The first kappa shape index (κ1) is 20.4. The number of carbonyl (C=O) groups is 3. The summed E-state index contributed by atoms with van der Waals surface area (Å²) in [5, 5.41) is 18.9. The Morgan fingerprint density at radius 2 is 1.48 bits per heavy atom. The minimum absolute atomic E-state index is 0.119. The van der Waals surface area contributed by atoms with Gasteiger partial charge >= 0.3 is 11.9 Å². The Balaban J connectivity index is 1.70. The molecular weight excluding hydrogens is 396 g/mol. The first-order chi connectivity index (χ1) is 14.8. The van der Waals surface area contributed by atoms with E-state index >= 15 is 0 Å². The molecule has 1 aromatic heterocycles. The molecule has 0 spiro atoms. The van der Waals surface area contributed by atoms with Crippen LogP contribution in [0.5, 0.6) is 0 Å². The Kier molecular flexibility index (Phi) is 5.10. The van der Waals surface area contributed by atoms with Crippen LogP contribution in [0.1, 0.15) is 53.6 Å². The average molecular weight is 418 g/mol. The van der Waals surface area contributed by atoms with Gasteiger partial charge in [-0.1, -0.05) is 6.07 Å². The summed E-state index contributed by atoms with van der Waals surface area (Å²) in [6.45, 7) is 4.59. The summed E-state index contributed by atoms with van der Waals surface area (Å²) in [4.78, 5) is 38.0. The van der Waals surface area contributed by atoms with E-state index in [0.717, 1.165) is 22.5 Å². The first-order valence-corrected chi connectivity index (χ1v) is 9.93. The van der Waals surface area contributed by atoms with E-state index in [1.165, 1.54) is 12.1 Å². The quantitative estimate of drug-likeness (QED) is 0.673. The monoisotopic (exact) mass is 418 g/mol. The number of benzene rings is 2. The molecule has 2 N–H and O–H groups in total. The number of aromatic carboxylic acids is 2. The highest BCUT2D eigenvalue weighted by Crippen LogP contribution is 2.25. The predicted molar refractivity (Wildman–Crippen MR) is 114 cm³/mol. The van der Waals surface area contributed by atoms with Crippen molar-refractivity contribution >= 4 is 17.8 Å². The Hall–Kier alpha value is -3.87. The van der Waals surface area contributed by atoms with Crippen molar-refractivity contribution in [3.8, 4) is 5.69 Å². The highest BCUT2D eigenvalue weighted by atomic mass is 16.4. The van der Waals surface area contributed by atoms with E-state index in [0.29, 0.717) is 30.8 Å². The van der Waals surface area contributed by atoms with Gasteiger partial charge in [0, 0.05) is 30.0 Å². The van der Waals surface area contributed by atoms with Crippen LogP contribution >= 0.6 is 0 Å². The van der Waals surface area contributed by atoms with Crippen LogP contribution in [-0.4, -0.2) is 44.1 Å². The third-order valence-electron chi connectivity index (χ3n) is 5.74. The van der Waals surface area contributed by atoms with Gasteiger partial charge in [-0.25, -0.2) is 9.59 Å². The second kappa shape index (κ2) is 7.75. The number of rotatable bonds is 4. The van der Waals surface area contributed by atoms with Crippen molar-refractivity contribution in [1.29, 1.82) is 0 Å². The summed E-state index contributed by atoms with van der Waals surface area (Å²) < 4.78 is 1.82. The largest absolute Gasteiger partial charge is 0.478 e. The number of carboxylic acid groups (broad SMARTS) is 2. The number of hydrogen-bond acceptors (Lipinski definition) is 3. The highest BCUT2D eigenvalue weighted by molar-refractivity contribution is 5.98. The molecule has 7 nitrogen and oxygen atoms in total. The molecule has 0 saturated heterocycles. The zero-order valence-corrected chi connectivity index (χ0v) is 17.3. The summed E-state index contributed by atoms with van der Waals surface area (Å²) in [6, 6.07) is 13.4. The zero-order chi connectivity index (χ0) is 22.3. The summed E-state index contributed by atoms with van der Waals surface area (Å²) in [6.07, 6.45) is 0.636. The third-order valence-corrected chi connectivity index (χ3v) is 5.74. The molecule has 1 aliphatic rings. The van der Waals surface area contributed by atoms with Crippen LogP contribution in [0.3, 0.4) is 0 Å². The SMILES string of the molecule is Cc1ccc(C)n1-c1cc(C(=O)N2CCc3ccc(C(=O)O)cc3C2)ccc1C(=O)O. The Bertz CT molecular complexity index is 1210. The van der Waals surface area contributed by atoms with E-state index < -0.39 is 11.9 Å². The van der Waals surface area contributed by atoms with Crippen LogP contribution < -0.4 is 0 Å². The molecule has 0 radical (unpaired) electrons. The number of nitrogens with zero attached hydrogens (tertiary/aromatic N) is 2. The van der Waals surface area contributed by atoms with Crippen LogP contribution in [0.25, 0.3) is 5.69 Å². The fourth-order valence-corrected chi connectivity index (χ4v) is 4.13. The Labute approximate surface area is 179 Å². The van der Waals surface area contributed by atoms with Gasteiger partial charge in [0.05, 0.1) is 16.8 Å². The van der Waals surface area contributed by atoms with Gasteiger partial charge in [0.25, 0.3) is 5.91 Å². The molecule has 4 rings (SSSR count). The maximum atomic E-state index is 13.3. The highest BCUT2D eigenvalue weighted by Gasteiger charge is 2.24. The topological polar surface area (TPSA) is 99.8 Å². The van der Waals surface area contributed by atoms with Crippen molar-refractivity contribution < 1.29 is 24.6 Å².